The summed E-state index contributed by atoms with van der Waals surface area (Å²) in [6.07, 6.45) is 9.50. The molecule has 0 saturated carbocycles. The molecule has 1 aromatic rings. The molecule has 1 aromatic carbocycles. The number of allylic oxidation sites excluding steroid dienone is 3. The Morgan fingerprint density at radius 3 is 2.73 bits per heavy atom. The molecule has 164 valence electrons. The first-order chi connectivity index (χ1) is 14.5. The number of nitrogens with one attached hydrogen (secondary N) is 2. The number of benzene rings is 1. The lowest BCUT2D eigenvalue weighted by atomic mass is 9.93. The third-order valence-corrected chi connectivity index (χ3v) is 5.95. The van der Waals surface area contributed by atoms with E-state index in [0.29, 0.717) is 25.2 Å². The van der Waals surface area contributed by atoms with Crippen molar-refractivity contribution in [3.63, 3.8) is 0 Å². The lowest BCUT2D eigenvalue weighted by molar-refractivity contribution is -0.123. The smallest absolute Gasteiger partial charge is 0.241 e. The standard InChI is InChI=1S/C25H37N3O2/c1-18(2)28(19(3)4)15-14-27-25(29)24-23-11-10-22(16-21(23)12-13-26-24)30-17-20-8-6-5-7-9-20/h5-6,8,10-11,16,18-19,24,26H,7,9,12-15,17H2,1-4H3,(H,27,29). The number of amides is 1. The third kappa shape index (κ3) is 5.96. The van der Waals surface area contributed by atoms with Crippen molar-refractivity contribution in [2.75, 3.05) is 26.2 Å². The van der Waals surface area contributed by atoms with E-state index in [1.807, 2.05) is 12.1 Å². The summed E-state index contributed by atoms with van der Waals surface area (Å²) in [6.45, 7) is 11.7. The number of ether oxygens (including phenoxy) is 1. The summed E-state index contributed by atoms with van der Waals surface area (Å²) in [7, 11) is 0. The van der Waals surface area contributed by atoms with Crippen molar-refractivity contribution >= 4 is 5.91 Å². The van der Waals surface area contributed by atoms with Crippen LogP contribution in [0.2, 0.25) is 0 Å². The van der Waals surface area contributed by atoms with E-state index in [9.17, 15) is 4.79 Å². The van der Waals surface area contributed by atoms with Crippen molar-refractivity contribution in [3.8, 4) is 5.75 Å². The Hall–Kier alpha value is -2.11. The predicted molar refractivity (Wildman–Crippen MR) is 123 cm³/mol. The van der Waals surface area contributed by atoms with E-state index in [1.165, 1.54) is 11.1 Å². The normalized spacial score (nSPS) is 18.5. The number of rotatable bonds is 9. The average Bonchev–Trinajstić information content (AvgIpc) is 2.74. The van der Waals surface area contributed by atoms with E-state index in [1.54, 1.807) is 0 Å². The molecule has 30 heavy (non-hydrogen) atoms. The highest BCUT2D eigenvalue weighted by molar-refractivity contribution is 5.84. The van der Waals surface area contributed by atoms with Crippen LogP contribution in [-0.2, 0) is 11.2 Å². The Morgan fingerprint density at radius 1 is 1.23 bits per heavy atom. The van der Waals surface area contributed by atoms with Crippen LogP contribution in [0.5, 0.6) is 5.75 Å². The summed E-state index contributed by atoms with van der Waals surface area (Å²) in [5.74, 6) is 0.936. The molecule has 5 heteroatoms. The van der Waals surface area contributed by atoms with Gasteiger partial charge in [-0.1, -0.05) is 24.3 Å². The van der Waals surface area contributed by atoms with Crippen molar-refractivity contribution < 1.29 is 9.53 Å². The van der Waals surface area contributed by atoms with Gasteiger partial charge in [-0.3, -0.25) is 9.69 Å². The molecule has 0 spiro atoms. The minimum Gasteiger partial charge on any atom is -0.489 e. The van der Waals surface area contributed by atoms with Crippen LogP contribution in [0.4, 0.5) is 0 Å². The molecular weight excluding hydrogens is 374 g/mol. The number of fused-ring (bicyclic) bond motifs is 1. The van der Waals surface area contributed by atoms with E-state index >= 15 is 0 Å². The van der Waals surface area contributed by atoms with Crippen molar-refractivity contribution in [2.45, 2.75) is 65.1 Å². The van der Waals surface area contributed by atoms with Gasteiger partial charge in [0.2, 0.25) is 5.91 Å². The quantitative estimate of drug-likeness (QED) is 0.650. The monoisotopic (exact) mass is 411 g/mol. The predicted octanol–water partition coefficient (Wildman–Crippen LogP) is 3.76. The molecule has 0 saturated heterocycles. The maximum Gasteiger partial charge on any atom is 0.241 e. The van der Waals surface area contributed by atoms with Gasteiger partial charge in [-0.2, -0.15) is 0 Å². The van der Waals surface area contributed by atoms with Gasteiger partial charge in [0.1, 0.15) is 18.4 Å². The molecule has 1 aliphatic heterocycles. The Bertz CT molecular complexity index is 775. The molecule has 0 bridgehead atoms. The molecule has 1 heterocycles. The van der Waals surface area contributed by atoms with Crippen molar-refractivity contribution in [1.29, 1.82) is 0 Å². The molecular formula is C25H37N3O2. The summed E-state index contributed by atoms with van der Waals surface area (Å²) in [6, 6.07) is 6.79. The molecule has 0 fully saturated rings. The van der Waals surface area contributed by atoms with Crippen molar-refractivity contribution in [1.82, 2.24) is 15.5 Å². The lowest BCUT2D eigenvalue weighted by Crippen LogP contribution is -2.46. The van der Waals surface area contributed by atoms with E-state index in [4.69, 9.17) is 4.74 Å². The van der Waals surface area contributed by atoms with Gasteiger partial charge in [-0.25, -0.2) is 0 Å². The lowest BCUT2D eigenvalue weighted by Gasteiger charge is -2.31. The maximum atomic E-state index is 12.9. The molecule has 2 aliphatic rings. The maximum absolute atomic E-state index is 12.9. The van der Waals surface area contributed by atoms with Gasteiger partial charge < -0.3 is 15.4 Å². The van der Waals surface area contributed by atoms with Crippen LogP contribution in [0.3, 0.4) is 0 Å². The van der Waals surface area contributed by atoms with Crippen LogP contribution < -0.4 is 15.4 Å². The number of hydrogen-bond acceptors (Lipinski definition) is 4. The minimum atomic E-state index is -0.291. The number of hydrogen-bond donors (Lipinski definition) is 2. The summed E-state index contributed by atoms with van der Waals surface area (Å²) < 4.78 is 6.01. The highest BCUT2D eigenvalue weighted by Crippen LogP contribution is 2.27. The van der Waals surface area contributed by atoms with Gasteiger partial charge in [0.25, 0.3) is 0 Å². The summed E-state index contributed by atoms with van der Waals surface area (Å²) in [5, 5.41) is 6.51. The Morgan fingerprint density at radius 2 is 2.03 bits per heavy atom. The molecule has 1 unspecified atom stereocenters. The van der Waals surface area contributed by atoms with Gasteiger partial charge >= 0.3 is 0 Å². The highest BCUT2D eigenvalue weighted by atomic mass is 16.5. The highest BCUT2D eigenvalue weighted by Gasteiger charge is 2.26. The zero-order chi connectivity index (χ0) is 21.5. The molecule has 1 atom stereocenters. The first-order valence-electron chi connectivity index (χ1n) is 11.3. The first kappa shape index (κ1) is 22.6. The summed E-state index contributed by atoms with van der Waals surface area (Å²) >= 11 is 0. The van der Waals surface area contributed by atoms with Gasteiger partial charge in [0.15, 0.2) is 0 Å². The zero-order valence-electron chi connectivity index (χ0n) is 18.9. The zero-order valence-corrected chi connectivity index (χ0v) is 18.9. The van der Waals surface area contributed by atoms with Crippen LogP contribution in [0.15, 0.2) is 42.0 Å². The molecule has 2 N–H and O–H groups in total. The van der Waals surface area contributed by atoms with E-state index in [2.05, 4.69) is 67.5 Å². The number of nitrogens with zero attached hydrogens (tertiary/aromatic N) is 1. The number of carbonyl (C=O) groups excluding carboxylic acids is 1. The summed E-state index contributed by atoms with van der Waals surface area (Å²) in [5.41, 5.74) is 3.59. The Balaban J connectivity index is 1.57. The minimum absolute atomic E-state index is 0.0521. The molecule has 0 aromatic heterocycles. The molecule has 1 amide bonds. The average molecular weight is 412 g/mol. The van der Waals surface area contributed by atoms with Crippen LogP contribution in [0.1, 0.15) is 57.7 Å². The van der Waals surface area contributed by atoms with Crippen molar-refractivity contribution in [3.05, 3.63) is 53.1 Å². The third-order valence-electron chi connectivity index (χ3n) is 5.95. The molecule has 3 rings (SSSR count). The van der Waals surface area contributed by atoms with Gasteiger partial charge in [0.05, 0.1) is 0 Å². The first-order valence-corrected chi connectivity index (χ1v) is 11.3. The second-order valence-electron chi connectivity index (χ2n) is 8.79. The van der Waals surface area contributed by atoms with Gasteiger partial charge in [-0.05, 0) is 75.8 Å². The van der Waals surface area contributed by atoms with Gasteiger partial charge in [0, 0.05) is 31.7 Å². The Kier molecular flexibility index (Phi) is 8.11. The largest absolute Gasteiger partial charge is 0.489 e. The van der Waals surface area contributed by atoms with E-state index < -0.39 is 0 Å². The van der Waals surface area contributed by atoms with Crippen LogP contribution in [-0.4, -0.2) is 49.1 Å². The fraction of sp³-hybridized carbons (Fsp3) is 0.560. The van der Waals surface area contributed by atoms with Crippen LogP contribution >= 0.6 is 0 Å². The van der Waals surface area contributed by atoms with E-state index in [0.717, 1.165) is 43.7 Å². The van der Waals surface area contributed by atoms with Crippen molar-refractivity contribution in [2.24, 2.45) is 0 Å². The fourth-order valence-corrected chi connectivity index (χ4v) is 4.34. The van der Waals surface area contributed by atoms with Crippen LogP contribution in [0, 0.1) is 0 Å². The Labute approximate surface area is 181 Å². The SMILES string of the molecule is CC(C)N(CCNC(=O)C1NCCc2cc(OCC3=CC=CCC3)ccc21)C(C)C. The topological polar surface area (TPSA) is 53.6 Å². The molecule has 1 aliphatic carbocycles. The summed E-state index contributed by atoms with van der Waals surface area (Å²) in [4.78, 5) is 15.3. The molecule has 5 nitrogen and oxygen atoms in total. The van der Waals surface area contributed by atoms with Gasteiger partial charge in [-0.15, -0.1) is 0 Å². The number of carbonyl (C=O) groups is 1. The second kappa shape index (κ2) is 10.8. The van der Waals surface area contributed by atoms with E-state index in [-0.39, 0.29) is 11.9 Å². The molecule has 0 radical (unpaired) electrons. The van der Waals surface area contributed by atoms with Crippen LogP contribution in [0.25, 0.3) is 0 Å². The second-order valence-corrected chi connectivity index (χ2v) is 8.79. The fourth-order valence-electron chi connectivity index (χ4n) is 4.34.